The third-order valence-electron chi connectivity index (χ3n) is 5.61. The van der Waals surface area contributed by atoms with Gasteiger partial charge in [-0.2, -0.15) is 0 Å². The normalized spacial score (nSPS) is 26.9. The summed E-state index contributed by atoms with van der Waals surface area (Å²) in [4.78, 5) is 26.1. The predicted octanol–water partition coefficient (Wildman–Crippen LogP) is 2.90. The molecule has 1 N–H and O–H groups in total. The number of carbonyl (C=O) groups is 2. The lowest BCUT2D eigenvalue weighted by Gasteiger charge is -2.26. The number of rotatable bonds is 5. The molecule has 2 fully saturated rings. The van der Waals surface area contributed by atoms with Gasteiger partial charge in [-0.15, -0.1) is 0 Å². The molecule has 0 aromatic heterocycles. The van der Waals surface area contributed by atoms with Gasteiger partial charge in [0.15, 0.2) is 0 Å². The molecule has 1 aromatic rings. The SMILES string of the molecule is COc1cccc(C(C)CC(=O)N2CC3CCCC3C2C(=O)O)c1. The minimum atomic E-state index is -0.855. The molecule has 1 amide bonds. The average Bonchev–Trinajstić information content (AvgIpc) is 3.15. The van der Waals surface area contributed by atoms with Crippen LogP contribution in [0, 0.1) is 11.8 Å². The molecule has 5 nitrogen and oxygen atoms in total. The molecule has 130 valence electrons. The first kappa shape index (κ1) is 16.8. The van der Waals surface area contributed by atoms with Crippen molar-refractivity contribution in [1.82, 2.24) is 4.90 Å². The maximum atomic E-state index is 12.8. The van der Waals surface area contributed by atoms with Gasteiger partial charge in [-0.1, -0.05) is 25.5 Å². The number of likely N-dealkylation sites (tertiary alicyclic amines) is 1. The number of carboxylic acids is 1. The van der Waals surface area contributed by atoms with Crippen LogP contribution in [-0.4, -0.2) is 41.6 Å². The number of amides is 1. The highest BCUT2D eigenvalue weighted by molar-refractivity contribution is 5.85. The van der Waals surface area contributed by atoms with Crippen LogP contribution in [0.1, 0.15) is 44.1 Å². The second-order valence-electron chi connectivity index (χ2n) is 7.07. The number of hydrogen-bond donors (Lipinski definition) is 1. The van der Waals surface area contributed by atoms with E-state index in [0.29, 0.717) is 18.9 Å². The summed E-state index contributed by atoms with van der Waals surface area (Å²) in [5.41, 5.74) is 1.04. The molecule has 4 unspecified atom stereocenters. The number of aliphatic carboxylic acids is 1. The number of carbonyl (C=O) groups excluding carboxylic acids is 1. The van der Waals surface area contributed by atoms with E-state index >= 15 is 0 Å². The van der Waals surface area contributed by atoms with Gasteiger partial charge in [0.05, 0.1) is 7.11 Å². The van der Waals surface area contributed by atoms with Crippen LogP contribution in [0.2, 0.25) is 0 Å². The summed E-state index contributed by atoms with van der Waals surface area (Å²) in [6.07, 6.45) is 3.39. The molecule has 1 saturated carbocycles. The molecule has 0 spiro atoms. The largest absolute Gasteiger partial charge is 0.497 e. The van der Waals surface area contributed by atoms with Gasteiger partial charge in [0.2, 0.25) is 5.91 Å². The molecule has 5 heteroatoms. The lowest BCUT2D eigenvalue weighted by molar-refractivity contribution is -0.149. The Hall–Kier alpha value is -2.04. The topological polar surface area (TPSA) is 66.8 Å². The summed E-state index contributed by atoms with van der Waals surface area (Å²) in [5.74, 6) is 0.396. The van der Waals surface area contributed by atoms with Gasteiger partial charge in [0.25, 0.3) is 0 Å². The zero-order valence-corrected chi connectivity index (χ0v) is 14.3. The van der Waals surface area contributed by atoms with Crippen LogP contribution < -0.4 is 4.74 Å². The maximum Gasteiger partial charge on any atom is 0.326 e. The van der Waals surface area contributed by atoms with E-state index in [9.17, 15) is 14.7 Å². The van der Waals surface area contributed by atoms with Crippen LogP contribution in [0.15, 0.2) is 24.3 Å². The van der Waals surface area contributed by atoms with Gasteiger partial charge in [-0.3, -0.25) is 4.79 Å². The number of ether oxygens (including phenoxy) is 1. The predicted molar refractivity (Wildman–Crippen MR) is 90.0 cm³/mol. The lowest BCUT2D eigenvalue weighted by Crippen LogP contribution is -2.43. The van der Waals surface area contributed by atoms with Crippen molar-refractivity contribution in [2.45, 2.75) is 44.6 Å². The number of nitrogens with zero attached hydrogens (tertiary/aromatic N) is 1. The minimum Gasteiger partial charge on any atom is -0.497 e. The van der Waals surface area contributed by atoms with Crippen molar-refractivity contribution < 1.29 is 19.4 Å². The molecule has 1 aliphatic carbocycles. The number of methoxy groups -OCH3 is 1. The third-order valence-corrected chi connectivity index (χ3v) is 5.61. The average molecular weight is 331 g/mol. The Labute approximate surface area is 142 Å². The molecule has 4 atom stereocenters. The van der Waals surface area contributed by atoms with Crippen molar-refractivity contribution in [2.75, 3.05) is 13.7 Å². The van der Waals surface area contributed by atoms with Crippen LogP contribution in [0.3, 0.4) is 0 Å². The molecule has 1 heterocycles. The van der Waals surface area contributed by atoms with E-state index in [1.165, 1.54) is 0 Å². The highest BCUT2D eigenvalue weighted by atomic mass is 16.5. The van der Waals surface area contributed by atoms with Gasteiger partial charge >= 0.3 is 5.97 Å². The first-order valence-electron chi connectivity index (χ1n) is 8.67. The minimum absolute atomic E-state index is 0.0301. The molecule has 1 saturated heterocycles. The Morgan fingerprint density at radius 2 is 2.17 bits per heavy atom. The maximum absolute atomic E-state index is 12.8. The molecule has 1 aliphatic heterocycles. The Morgan fingerprint density at radius 1 is 1.38 bits per heavy atom. The zero-order valence-electron chi connectivity index (χ0n) is 14.3. The second-order valence-corrected chi connectivity index (χ2v) is 7.07. The van der Waals surface area contributed by atoms with Crippen molar-refractivity contribution >= 4 is 11.9 Å². The molecule has 1 aromatic carbocycles. The van der Waals surface area contributed by atoms with Gasteiger partial charge in [0, 0.05) is 13.0 Å². The van der Waals surface area contributed by atoms with Gasteiger partial charge < -0.3 is 14.7 Å². The standard InChI is InChI=1S/C19H25NO4/c1-12(13-5-3-7-15(10-13)24-2)9-17(21)20-11-14-6-4-8-16(14)18(20)19(22)23/h3,5,7,10,12,14,16,18H,4,6,8-9,11H2,1-2H3,(H,22,23). The summed E-state index contributed by atoms with van der Waals surface area (Å²) in [7, 11) is 1.62. The van der Waals surface area contributed by atoms with E-state index in [1.54, 1.807) is 12.0 Å². The van der Waals surface area contributed by atoms with E-state index in [1.807, 2.05) is 31.2 Å². The molecule has 3 rings (SSSR count). The fourth-order valence-corrected chi connectivity index (χ4v) is 4.32. The molecular formula is C19H25NO4. The Bertz CT molecular complexity index is 630. The van der Waals surface area contributed by atoms with Crippen molar-refractivity contribution in [1.29, 1.82) is 0 Å². The Kier molecular flexibility index (Phi) is 4.78. The van der Waals surface area contributed by atoms with Gasteiger partial charge in [-0.25, -0.2) is 4.79 Å². The van der Waals surface area contributed by atoms with Crippen molar-refractivity contribution in [3.63, 3.8) is 0 Å². The van der Waals surface area contributed by atoms with Crippen LogP contribution in [0.5, 0.6) is 5.75 Å². The number of carboxylic acid groups (broad SMARTS) is 1. The van der Waals surface area contributed by atoms with Crippen molar-refractivity contribution in [3.8, 4) is 5.75 Å². The van der Waals surface area contributed by atoms with E-state index < -0.39 is 12.0 Å². The summed E-state index contributed by atoms with van der Waals surface area (Å²) in [6.45, 7) is 2.60. The third kappa shape index (κ3) is 3.12. The summed E-state index contributed by atoms with van der Waals surface area (Å²) >= 11 is 0. The Morgan fingerprint density at radius 3 is 2.88 bits per heavy atom. The van der Waals surface area contributed by atoms with Crippen LogP contribution in [0.25, 0.3) is 0 Å². The first-order chi connectivity index (χ1) is 11.5. The molecular weight excluding hydrogens is 306 g/mol. The lowest BCUT2D eigenvalue weighted by atomic mass is 9.94. The van der Waals surface area contributed by atoms with Crippen LogP contribution in [-0.2, 0) is 9.59 Å². The van der Waals surface area contributed by atoms with Crippen LogP contribution >= 0.6 is 0 Å². The second kappa shape index (κ2) is 6.83. The van der Waals surface area contributed by atoms with E-state index in [4.69, 9.17) is 4.74 Å². The molecule has 2 aliphatic rings. The highest BCUT2D eigenvalue weighted by Gasteiger charge is 2.49. The quantitative estimate of drug-likeness (QED) is 0.901. The highest BCUT2D eigenvalue weighted by Crippen LogP contribution is 2.42. The fourth-order valence-electron chi connectivity index (χ4n) is 4.32. The van der Waals surface area contributed by atoms with Gasteiger partial charge in [0.1, 0.15) is 11.8 Å². The fraction of sp³-hybridized carbons (Fsp3) is 0.579. The zero-order chi connectivity index (χ0) is 17.3. The molecule has 0 radical (unpaired) electrons. The summed E-state index contributed by atoms with van der Waals surface area (Å²) in [6, 6.07) is 7.07. The summed E-state index contributed by atoms with van der Waals surface area (Å²) in [5, 5.41) is 9.59. The number of hydrogen-bond acceptors (Lipinski definition) is 3. The summed E-state index contributed by atoms with van der Waals surface area (Å²) < 4.78 is 5.24. The van der Waals surface area contributed by atoms with Crippen molar-refractivity contribution in [2.24, 2.45) is 11.8 Å². The molecule has 0 bridgehead atoms. The van der Waals surface area contributed by atoms with E-state index in [2.05, 4.69) is 0 Å². The van der Waals surface area contributed by atoms with Crippen LogP contribution in [0.4, 0.5) is 0 Å². The monoisotopic (exact) mass is 331 g/mol. The van der Waals surface area contributed by atoms with Gasteiger partial charge in [-0.05, 0) is 48.3 Å². The molecule has 24 heavy (non-hydrogen) atoms. The smallest absolute Gasteiger partial charge is 0.326 e. The van der Waals surface area contributed by atoms with Crippen molar-refractivity contribution in [3.05, 3.63) is 29.8 Å². The Balaban J connectivity index is 1.70. The number of fused-ring (bicyclic) bond motifs is 1. The number of benzene rings is 1. The van der Waals surface area contributed by atoms with E-state index in [-0.39, 0.29) is 17.7 Å². The van der Waals surface area contributed by atoms with E-state index in [0.717, 1.165) is 30.6 Å². The first-order valence-corrected chi connectivity index (χ1v) is 8.67.